The minimum atomic E-state index is -0.0805. The molecule has 3 nitrogen and oxygen atoms in total. The maximum atomic E-state index is 12.7. The average molecular weight is 383 g/mol. The number of fused-ring (bicyclic) bond motifs is 1. The van der Waals surface area contributed by atoms with Crippen LogP contribution in [-0.4, -0.2) is 16.0 Å². The molecule has 2 aliphatic heterocycles. The summed E-state index contributed by atoms with van der Waals surface area (Å²) in [6.45, 7) is 0. The molecule has 0 saturated heterocycles. The van der Waals surface area contributed by atoms with Gasteiger partial charge in [-0.25, -0.2) is 4.99 Å². The first-order valence-electron chi connectivity index (χ1n) is 7.05. The third kappa shape index (κ3) is 2.66. The standard InChI is InChI=1S/C18H11BrN2OS/c19-14-8-6-13(7-9-14)16-11-23-18-20-15(17(22)21(16)18)10-12-4-2-1-3-5-12/h1-11H. The van der Waals surface area contributed by atoms with Crippen molar-refractivity contribution in [2.24, 2.45) is 4.99 Å². The van der Waals surface area contributed by atoms with E-state index in [9.17, 15) is 4.79 Å². The summed E-state index contributed by atoms with van der Waals surface area (Å²) in [5.41, 5.74) is 3.32. The van der Waals surface area contributed by atoms with E-state index >= 15 is 0 Å². The first-order valence-corrected chi connectivity index (χ1v) is 8.72. The molecule has 0 radical (unpaired) electrons. The number of halogens is 1. The molecule has 2 aromatic rings. The van der Waals surface area contributed by atoms with Crippen molar-refractivity contribution in [1.82, 2.24) is 4.90 Å². The highest BCUT2D eigenvalue weighted by molar-refractivity contribution is 9.10. The second-order valence-corrected chi connectivity index (χ2v) is 6.86. The topological polar surface area (TPSA) is 32.7 Å². The van der Waals surface area contributed by atoms with Crippen LogP contribution in [0.15, 0.2) is 75.2 Å². The van der Waals surface area contributed by atoms with E-state index in [4.69, 9.17) is 0 Å². The third-order valence-electron chi connectivity index (χ3n) is 3.59. The molecule has 2 heterocycles. The zero-order valence-corrected chi connectivity index (χ0v) is 14.3. The van der Waals surface area contributed by atoms with Gasteiger partial charge in [0.05, 0.1) is 5.70 Å². The molecule has 1 amide bonds. The quantitative estimate of drug-likeness (QED) is 0.703. The van der Waals surface area contributed by atoms with Gasteiger partial charge in [-0.3, -0.25) is 9.69 Å². The van der Waals surface area contributed by atoms with Crippen LogP contribution in [0.4, 0.5) is 0 Å². The lowest BCUT2D eigenvalue weighted by Gasteiger charge is -2.14. The van der Waals surface area contributed by atoms with E-state index in [1.165, 1.54) is 11.8 Å². The van der Waals surface area contributed by atoms with Crippen LogP contribution < -0.4 is 0 Å². The Morgan fingerprint density at radius 3 is 2.52 bits per heavy atom. The van der Waals surface area contributed by atoms with E-state index in [-0.39, 0.29) is 5.91 Å². The smallest absolute Gasteiger partial charge is 0.266 e. The van der Waals surface area contributed by atoms with Crippen molar-refractivity contribution in [1.29, 1.82) is 0 Å². The molecule has 2 aliphatic rings. The van der Waals surface area contributed by atoms with E-state index in [0.29, 0.717) is 5.70 Å². The first-order chi connectivity index (χ1) is 11.2. The molecule has 0 unspecified atom stereocenters. The molecule has 0 saturated carbocycles. The van der Waals surface area contributed by atoms with E-state index < -0.39 is 0 Å². The molecule has 0 bridgehead atoms. The zero-order valence-electron chi connectivity index (χ0n) is 11.9. The lowest BCUT2D eigenvalue weighted by atomic mass is 10.1. The number of thioether (sulfide) groups is 1. The maximum Gasteiger partial charge on any atom is 0.283 e. The van der Waals surface area contributed by atoms with Gasteiger partial charge in [-0.15, -0.1) is 0 Å². The Kier molecular flexibility index (Phi) is 3.67. The monoisotopic (exact) mass is 382 g/mol. The molecule has 2 aromatic carbocycles. The summed E-state index contributed by atoms with van der Waals surface area (Å²) in [5, 5.41) is 2.69. The lowest BCUT2D eigenvalue weighted by molar-refractivity contribution is -0.120. The molecule has 23 heavy (non-hydrogen) atoms. The van der Waals surface area contributed by atoms with E-state index in [1.54, 1.807) is 4.90 Å². The summed E-state index contributed by atoms with van der Waals surface area (Å²) in [7, 11) is 0. The van der Waals surface area contributed by atoms with Crippen molar-refractivity contribution >= 4 is 50.5 Å². The van der Waals surface area contributed by atoms with Crippen molar-refractivity contribution in [3.05, 3.63) is 81.3 Å². The van der Waals surface area contributed by atoms with Crippen molar-refractivity contribution < 1.29 is 4.79 Å². The maximum absolute atomic E-state index is 12.7. The largest absolute Gasteiger partial charge is 0.283 e. The molecule has 5 heteroatoms. The summed E-state index contributed by atoms with van der Waals surface area (Å²) >= 11 is 4.91. The van der Waals surface area contributed by atoms with Gasteiger partial charge < -0.3 is 0 Å². The Labute approximate surface area is 146 Å². The van der Waals surface area contributed by atoms with Crippen LogP contribution in [0.5, 0.6) is 0 Å². The van der Waals surface area contributed by atoms with Crippen LogP contribution >= 0.6 is 27.7 Å². The molecular formula is C18H11BrN2OS. The van der Waals surface area contributed by atoms with Gasteiger partial charge in [-0.05, 0) is 29.3 Å². The Morgan fingerprint density at radius 2 is 1.78 bits per heavy atom. The normalized spacial score (nSPS) is 18.2. The first kappa shape index (κ1) is 14.5. The number of nitrogens with zero attached hydrogens (tertiary/aromatic N) is 2. The fourth-order valence-electron chi connectivity index (χ4n) is 2.47. The van der Waals surface area contributed by atoms with Gasteiger partial charge in [0.2, 0.25) is 0 Å². The van der Waals surface area contributed by atoms with Crippen LogP contribution in [0.25, 0.3) is 11.8 Å². The molecular weight excluding hydrogens is 372 g/mol. The highest BCUT2D eigenvalue weighted by Crippen LogP contribution is 2.39. The lowest BCUT2D eigenvalue weighted by Crippen LogP contribution is -2.25. The van der Waals surface area contributed by atoms with Crippen molar-refractivity contribution in [2.75, 3.05) is 0 Å². The summed E-state index contributed by atoms with van der Waals surface area (Å²) in [5.74, 6) is -0.0805. The van der Waals surface area contributed by atoms with Gasteiger partial charge in [0.25, 0.3) is 5.91 Å². The number of benzene rings is 2. The van der Waals surface area contributed by atoms with Gasteiger partial charge in [0, 0.05) is 9.88 Å². The van der Waals surface area contributed by atoms with Crippen LogP contribution in [0.2, 0.25) is 0 Å². The fourth-order valence-corrected chi connectivity index (χ4v) is 3.63. The molecule has 0 aromatic heterocycles. The van der Waals surface area contributed by atoms with E-state index in [1.807, 2.05) is 66.1 Å². The van der Waals surface area contributed by atoms with E-state index in [0.717, 1.165) is 26.5 Å². The molecule has 0 atom stereocenters. The Bertz CT molecular complexity index is 870. The van der Waals surface area contributed by atoms with Crippen molar-refractivity contribution in [3.8, 4) is 0 Å². The summed E-state index contributed by atoms with van der Waals surface area (Å²) in [6.07, 6.45) is 1.83. The number of hydrogen-bond acceptors (Lipinski definition) is 3. The SMILES string of the molecule is O=C1C(=Cc2ccccc2)N=C2SC=C(c3ccc(Br)cc3)N12. The number of aliphatic imine (C=N–C) groups is 1. The Hall–Kier alpha value is -2.11. The van der Waals surface area contributed by atoms with Gasteiger partial charge in [-0.2, -0.15) is 0 Å². The minimum Gasteiger partial charge on any atom is -0.266 e. The van der Waals surface area contributed by atoms with Gasteiger partial charge in [0.15, 0.2) is 5.17 Å². The Balaban J connectivity index is 1.66. The van der Waals surface area contributed by atoms with Crippen LogP contribution in [0, 0.1) is 0 Å². The highest BCUT2D eigenvalue weighted by atomic mass is 79.9. The van der Waals surface area contributed by atoms with Crippen LogP contribution in [0.1, 0.15) is 11.1 Å². The second kappa shape index (κ2) is 5.83. The second-order valence-electron chi connectivity index (χ2n) is 5.10. The van der Waals surface area contributed by atoms with Crippen LogP contribution in [0.3, 0.4) is 0 Å². The highest BCUT2D eigenvalue weighted by Gasteiger charge is 2.37. The van der Waals surface area contributed by atoms with Gasteiger partial charge >= 0.3 is 0 Å². The Morgan fingerprint density at radius 1 is 1.04 bits per heavy atom. The summed E-state index contributed by atoms with van der Waals surface area (Å²) < 4.78 is 1.01. The predicted molar refractivity (Wildman–Crippen MR) is 98.4 cm³/mol. The number of amides is 1. The minimum absolute atomic E-state index is 0.0805. The predicted octanol–water partition coefficient (Wildman–Crippen LogP) is 4.73. The van der Waals surface area contributed by atoms with Crippen molar-refractivity contribution in [2.45, 2.75) is 0 Å². The number of rotatable bonds is 2. The van der Waals surface area contributed by atoms with Crippen LogP contribution in [-0.2, 0) is 4.79 Å². The van der Waals surface area contributed by atoms with Crippen molar-refractivity contribution in [3.63, 3.8) is 0 Å². The number of carbonyl (C=O) groups is 1. The average Bonchev–Trinajstić information content (AvgIpc) is 3.11. The molecule has 0 aliphatic carbocycles. The fraction of sp³-hybridized carbons (Fsp3) is 0. The number of hydrogen-bond donors (Lipinski definition) is 0. The molecule has 0 N–H and O–H groups in total. The molecule has 4 rings (SSSR count). The van der Waals surface area contributed by atoms with Gasteiger partial charge in [-0.1, -0.05) is 70.2 Å². The molecule has 112 valence electrons. The number of amidine groups is 1. The van der Waals surface area contributed by atoms with Gasteiger partial charge in [0.1, 0.15) is 5.70 Å². The third-order valence-corrected chi connectivity index (χ3v) is 4.94. The number of carbonyl (C=O) groups excluding carboxylic acids is 1. The summed E-state index contributed by atoms with van der Waals surface area (Å²) in [4.78, 5) is 18.9. The molecule has 0 spiro atoms. The van der Waals surface area contributed by atoms with E-state index in [2.05, 4.69) is 20.9 Å². The molecule has 0 fully saturated rings. The summed E-state index contributed by atoms with van der Waals surface area (Å²) in [6, 6.07) is 17.7. The zero-order chi connectivity index (χ0) is 15.8.